The van der Waals surface area contributed by atoms with Crippen LogP contribution in [0.25, 0.3) is 5.57 Å². The first-order chi connectivity index (χ1) is 13.3. The van der Waals surface area contributed by atoms with E-state index in [1.165, 1.54) is 6.08 Å². The van der Waals surface area contributed by atoms with Crippen molar-refractivity contribution in [2.75, 3.05) is 5.75 Å². The summed E-state index contributed by atoms with van der Waals surface area (Å²) >= 11 is 3.35. The smallest absolute Gasteiger partial charge is 0.186 e. The summed E-state index contributed by atoms with van der Waals surface area (Å²) in [5.41, 5.74) is 2.76. The number of allylic oxidation sites excluding steroid dienone is 1. The summed E-state index contributed by atoms with van der Waals surface area (Å²) in [4.78, 5) is 13.0. The lowest BCUT2D eigenvalue weighted by molar-refractivity contribution is 0.104. The lowest BCUT2D eigenvalue weighted by Crippen LogP contribution is -2.10. The topological polar surface area (TPSA) is 51.2 Å². The van der Waals surface area contributed by atoms with Gasteiger partial charge >= 0.3 is 0 Å². The molecule has 0 bridgehead atoms. The van der Waals surface area contributed by atoms with Gasteiger partial charge in [0.15, 0.2) is 15.6 Å². The van der Waals surface area contributed by atoms with Crippen LogP contribution in [-0.2, 0) is 9.84 Å². The van der Waals surface area contributed by atoms with Gasteiger partial charge in [-0.2, -0.15) is 0 Å². The summed E-state index contributed by atoms with van der Waals surface area (Å²) in [7, 11) is -3.58. The van der Waals surface area contributed by atoms with Crippen molar-refractivity contribution in [2.24, 2.45) is 0 Å². The van der Waals surface area contributed by atoms with Crippen LogP contribution in [0.5, 0.6) is 0 Å². The number of rotatable bonds is 6. The molecule has 0 aliphatic heterocycles. The number of ketones is 1. The maximum atomic E-state index is 12.9. The standard InChI is InChI=1S/C23H19BrO3S/c1-17-7-9-18(10-8-17)20(15-23(25)19-11-13-21(24)14-12-19)16-28(26,27)22-5-3-2-4-6-22/h2-15H,16H2,1H3/b20-15+. The molecule has 0 unspecified atom stereocenters. The van der Waals surface area contributed by atoms with Crippen molar-refractivity contribution in [3.8, 4) is 0 Å². The molecular weight excluding hydrogens is 436 g/mol. The van der Waals surface area contributed by atoms with Gasteiger partial charge in [-0.15, -0.1) is 0 Å². The first-order valence-corrected chi connectivity index (χ1v) is 11.1. The van der Waals surface area contributed by atoms with Gasteiger partial charge in [-0.3, -0.25) is 4.79 Å². The number of hydrogen-bond donors (Lipinski definition) is 0. The monoisotopic (exact) mass is 454 g/mol. The Morgan fingerprint density at radius 2 is 1.43 bits per heavy atom. The molecule has 0 fully saturated rings. The van der Waals surface area contributed by atoms with Gasteiger partial charge in [0, 0.05) is 10.0 Å². The molecule has 0 amide bonds. The molecule has 3 nitrogen and oxygen atoms in total. The molecule has 3 aromatic carbocycles. The minimum Gasteiger partial charge on any atom is -0.289 e. The zero-order chi connectivity index (χ0) is 20.1. The zero-order valence-electron chi connectivity index (χ0n) is 15.3. The second-order valence-electron chi connectivity index (χ2n) is 6.48. The normalized spacial score (nSPS) is 12.0. The highest BCUT2D eigenvalue weighted by molar-refractivity contribution is 9.10. The van der Waals surface area contributed by atoms with Gasteiger partial charge in [-0.1, -0.05) is 64.0 Å². The van der Waals surface area contributed by atoms with Crippen LogP contribution in [0.4, 0.5) is 0 Å². The van der Waals surface area contributed by atoms with Crippen molar-refractivity contribution < 1.29 is 13.2 Å². The summed E-state index contributed by atoms with van der Waals surface area (Å²) in [5, 5.41) is 0. The molecule has 0 N–H and O–H groups in total. The summed E-state index contributed by atoms with van der Waals surface area (Å²) in [6.07, 6.45) is 1.42. The van der Waals surface area contributed by atoms with Gasteiger partial charge in [0.05, 0.1) is 10.6 Å². The zero-order valence-corrected chi connectivity index (χ0v) is 17.7. The second-order valence-corrected chi connectivity index (χ2v) is 9.38. The van der Waals surface area contributed by atoms with E-state index in [1.54, 1.807) is 54.6 Å². The summed E-state index contributed by atoms with van der Waals surface area (Å²) in [5.74, 6) is -0.478. The fourth-order valence-electron chi connectivity index (χ4n) is 2.75. The van der Waals surface area contributed by atoms with E-state index in [0.717, 1.165) is 15.6 Å². The molecule has 0 spiro atoms. The Kier molecular flexibility index (Phi) is 6.27. The number of carbonyl (C=O) groups excluding carboxylic acids is 1. The molecule has 3 rings (SSSR count). The number of carbonyl (C=O) groups is 1. The van der Waals surface area contributed by atoms with Crippen LogP contribution in [-0.4, -0.2) is 20.0 Å². The predicted molar refractivity (Wildman–Crippen MR) is 116 cm³/mol. The minimum absolute atomic E-state index is 0.230. The van der Waals surface area contributed by atoms with E-state index in [-0.39, 0.29) is 16.4 Å². The second kappa shape index (κ2) is 8.67. The number of benzene rings is 3. The number of halogens is 1. The molecular formula is C23H19BrO3S. The van der Waals surface area contributed by atoms with E-state index in [4.69, 9.17) is 0 Å². The van der Waals surface area contributed by atoms with Crippen molar-refractivity contribution in [2.45, 2.75) is 11.8 Å². The summed E-state index contributed by atoms with van der Waals surface area (Å²) in [6.45, 7) is 1.96. The molecule has 28 heavy (non-hydrogen) atoms. The quantitative estimate of drug-likeness (QED) is 0.365. The van der Waals surface area contributed by atoms with Gasteiger partial charge < -0.3 is 0 Å². The molecule has 0 aromatic heterocycles. The van der Waals surface area contributed by atoms with Crippen LogP contribution in [0.3, 0.4) is 0 Å². The molecule has 0 saturated carbocycles. The molecule has 0 saturated heterocycles. The van der Waals surface area contributed by atoms with E-state index >= 15 is 0 Å². The van der Waals surface area contributed by atoms with Crippen LogP contribution >= 0.6 is 15.9 Å². The summed E-state index contributed by atoms with van der Waals surface area (Å²) < 4.78 is 26.6. The molecule has 0 aliphatic rings. The highest BCUT2D eigenvalue weighted by Gasteiger charge is 2.19. The minimum atomic E-state index is -3.58. The van der Waals surface area contributed by atoms with E-state index in [1.807, 2.05) is 31.2 Å². The van der Waals surface area contributed by atoms with E-state index in [2.05, 4.69) is 15.9 Å². The van der Waals surface area contributed by atoms with E-state index < -0.39 is 9.84 Å². The van der Waals surface area contributed by atoms with Gasteiger partial charge in [0.2, 0.25) is 0 Å². The Hall–Kier alpha value is -2.50. The molecule has 5 heteroatoms. The Morgan fingerprint density at radius 1 is 0.857 bits per heavy atom. The third-order valence-corrected chi connectivity index (χ3v) is 6.51. The molecule has 0 atom stereocenters. The SMILES string of the molecule is Cc1ccc(/C(=C/C(=O)c2ccc(Br)cc2)CS(=O)(=O)c2ccccc2)cc1. The number of aryl methyl sites for hydroxylation is 1. The van der Waals surface area contributed by atoms with Gasteiger partial charge in [-0.05, 0) is 60.5 Å². The van der Waals surface area contributed by atoms with Crippen molar-refractivity contribution in [1.82, 2.24) is 0 Å². The third kappa shape index (κ3) is 5.06. The van der Waals surface area contributed by atoms with Crippen LogP contribution < -0.4 is 0 Å². The average molecular weight is 455 g/mol. The lowest BCUT2D eigenvalue weighted by atomic mass is 10.0. The van der Waals surface area contributed by atoms with Crippen LogP contribution in [0.15, 0.2) is 94.3 Å². The highest BCUT2D eigenvalue weighted by Crippen LogP contribution is 2.23. The fraction of sp³-hybridized carbons (Fsp3) is 0.0870. The fourth-order valence-corrected chi connectivity index (χ4v) is 4.41. The molecule has 142 valence electrons. The maximum absolute atomic E-state index is 12.9. The predicted octanol–water partition coefficient (Wildman–Crippen LogP) is 5.50. The maximum Gasteiger partial charge on any atom is 0.186 e. The summed E-state index contributed by atoms with van der Waals surface area (Å²) in [6, 6.07) is 22.8. The molecule has 0 aliphatic carbocycles. The van der Waals surface area contributed by atoms with Crippen molar-refractivity contribution in [3.63, 3.8) is 0 Å². The molecule has 0 heterocycles. The van der Waals surface area contributed by atoms with Crippen LogP contribution in [0, 0.1) is 6.92 Å². The Labute approximate surface area is 173 Å². The molecule has 3 aromatic rings. The molecule has 0 radical (unpaired) electrons. The Bertz CT molecular complexity index is 1100. The lowest BCUT2D eigenvalue weighted by Gasteiger charge is -2.10. The van der Waals surface area contributed by atoms with Gasteiger partial charge in [0.25, 0.3) is 0 Å². The van der Waals surface area contributed by atoms with Crippen LogP contribution in [0.1, 0.15) is 21.5 Å². The van der Waals surface area contributed by atoms with Crippen LogP contribution in [0.2, 0.25) is 0 Å². The largest absolute Gasteiger partial charge is 0.289 e. The van der Waals surface area contributed by atoms with Crippen molar-refractivity contribution in [3.05, 3.63) is 106 Å². The van der Waals surface area contributed by atoms with E-state index in [9.17, 15) is 13.2 Å². The number of sulfone groups is 1. The van der Waals surface area contributed by atoms with Crippen molar-refractivity contribution in [1.29, 1.82) is 0 Å². The number of hydrogen-bond acceptors (Lipinski definition) is 3. The highest BCUT2D eigenvalue weighted by atomic mass is 79.9. The Morgan fingerprint density at radius 3 is 2.04 bits per heavy atom. The van der Waals surface area contributed by atoms with E-state index in [0.29, 0.717) is 11.1 Å². The first kappa shape index (κ1) is 20.2. The van der Waals surface area contributed by atoms with Gasteiger partial charge in [0.1, 0.15) is 0 Å². The Balaban J connectivity index is 2.01. The average Bonchev–Trinajstić information content (AvgIpc) is 2.69. The first-order valence-electron chi connectivity index (χ1n) is 8.70. The third-order valence-electron chi connectivity index (χ3n) is 4.30. The van der Waals surface area contributed by atoms with Crippen molar-refractivity contribution >= 4 is 37.1 Å². The van der Waals surface area contributed by atoms with Gasteiger partial charge in [-0.25, -0.2) is 8.42 Å².